The zero-order chi connectivity index (χ0) is 13.0. The lowest BCUT2D eigenvalue weighted by Gasteiger charge is -2.37. The van der Waals surface area contributed by atoms with Crippen LogP contribution in [0.4, 0.5) is 4.39 Å². The average molecular weight is 250 g/mol. The van der Waals surface area contributed by atoms with E-state index in [0.717, 1.165) is 38.3 Å². The molecule has 0 spiro atoms. The Morgan fingerprint density at radius 2 is 1.83 bits per heavy atom. The maximum Gasteiger partial charge on any atom is 0.127 e. The van der Waals surface area contributed by atoms with Crippen LogP contribution in [0.2, 0.25) is 0 Å². The summed E-state index contributed by atoms with van der Waals surface area (Å²) >= 11 is 0. The number of hydrogen-bond acceptors (Lipinski definition) is 2. The molecule has 0 saturated carbocycles. The first-order valence-electron chi connectivity index (χ1n) is 6.90. The molecule has 0 amide bonds. The highest BCUT2D eigenvalue weighted by Gasteiger charge is 2.20. The molecule has 1 atom stereocenters. The summed E-state index contributed by atoms with van der Waals surface area (Å²) in [5.74, 6) is -0.0816. The highest BCUT2D eigenvalue weighted by atomic mass is 19.1. The normalized spacial score (nSPS) is 19.9. The number of halogens is 1. The third-order valence-electron chi connectivity index (χ3n) is 3.97. The summed E-state index contributed by atoms with van der Waals surface area (Å²) in [7, 11) is 0. The summed E-state index contributed by atoms with van der Waals surface area (Å²) < 4.78 is 13.6. The Morgan fingerprint density at radius 3 is 2.44 bits per heavy atom. The van der Waals surface area contributed by atoms with Gasteiger partial charge < -0.3 is 0 Å². The zero-order valence-electron chi connectivity index (χ0n) is 11.4. The van der Waals surface area contributed by atoms with E-state index in [1.165, 1.54) is 6.42 Å². The predicted molar refractivity (Wildman–Crippen MR) is 73.0 cm³/mol. The van der Waals surface area contributed by atoms with Crippen LogP contribution in [-0.4, -0.2) is 42.0 Å². The smallest absolute Gasteiger partial charge is 0.127 e. The van der Waals surface area contributed by atoms with E-state index in [4.69, 9.17) is 0 Å². The van der Waals surface area contributed by atoms with Crippen LogP contribution in [0.5, 0.6) is 0 Å². The van der Waals surface area contributed by atoms with Crippen molar-refractivity contribution in [3.8, 4) is 0 Å². The molecule has 100 valence electrons. The SMILES string of the molecule is CC[C@H](C)N1CCN(Cc2ccccc2F)CC1. The summed E-state index contributed by atoms with van der Waals surface area (Å²) in [6, 6.07) is 7.76. The molecule has 1 heterocycles. The molecule has 2 nitrogen and oxygen atoms in total. The maximum atomic E-state index is 13.6. The van der Waals surface area contributed by atoms with Crippen molar-refractivity contribution in [3.05, 3.63) is 35.6 Å². The minimum Gasteiger partial charge on any atom is -0.298 e. The summed E-state index contributed by atoms with van der Waals surface area (Å²) in [5.41, 5.74) is 0.814. The van der Waals surface area contributed by atoms with E-state index in [1.807, 2.05) is 12.1 Å². The Bertz CT molecular complexity index is 373. The van der Waals surface area contributed by atoms with E-state index in [1.54, 1.807) is 12.1 Å². The van der Waals surface area contributed by atoms with Crippen molar-refractivity contribution in [2.24, 2.45) is 0 Å². The van der Waals surface area contributed by atoms with Gasteiger partial charge in [-0.3, -0.25) is 9.80 Å². The van der Waals surface area contributed by atoms with Crippen LogP contribution in [0.3, 0.4) is 0 Å². The van der Waals surface area contributed by atoms with E-state index in [0.29, 0.717) is 6.04 Å². The van der Waals surface area contributed by atoms with Gasteiger partial charge in [-0.2, -0.15) is 0 Å². The van der Waals surface area contributed by atoms with E-state index in [2.05, 4.69) is 23.6 Å². The van der Waals surface area contributed by atoms with Gasteiger partial charge in [0.25, 0.3) is 0 Å². The van der Waals surface area contributed by atoms with Crippen LogP contribution in [0.15, 0.2) is 24.3 Å². The number of piperazine rings is 1. The second kappa shape index (κ2) is 6.30. The van der Waals surface area contributed by atoms with Crippen molar-refractivity contribution >= 4 is 0 Å². The van der Waals surface area contributed by atoms with Crippen LogP contribution in [0, 0.1) is 5.82 Å². The monoisotopic (exact) mass is 250 g/mol. The Hall–Kier alpha value is -0.930. The number of nitrogens with zero attached hydrogens (tertiary/aromatic N) is 2. The van der Waals surface area contributed by atoms with Crippen LogP contribution >= 0.6 is 0 Å². The van der Waals surface area contributed by atoms with Crippen LogP contribution < -0.4 is 0 Å². The van der Waals surface area contributed by atoms with E-state index < -0.39 is 0 Å². The molecule has 0 aromatic heterocycles. The molecule has 1 aromatic rings. The van der Waals surface area contributed by atoms with Crippen LogP contribution in [-0.2, 0) is 6.54 Å². The van der Waals surface area contributed by atoms with Gasteiger partial charge in [-0.1, -0.05) is 25.1 Å². The van der Waals surface area contributed by atoms with Crippen LogP contribution in [0.25, 0.3) is 0 Å². The molecule has 1 fully saturated rings. The molecule has 0 N–H and O–H groups in total. The summed E-state index contributed by atoms with van der Waals surface area (Å²) in [4.78, 5) is 4.87. The van der Waals surface area contributed by atoms with Crippen molar-refractivity contribution in [3.63, 3.8) is 0 Å². The Labute approximate surface area is 109 Å². The zero-order valence-corrected chi connectivity index (χ0v) is 11.4. The first kappa shape index (κ1) is 13.5. The molecule has 1 saturated heterocycles. The molecular weight excluding hydrogens is 227 g/mol. The third kappa shape index (κ3) is 3.30. The van der Waals surface area contributed by atoms with Gasteiger partial charge in [-0.15, -0.1) is 0 Å². The van der Waals surface area contributed by atoms with Crippen LogP contribution in [0.1, 0.15) is 25.8 Å². The fraction of sp³-hybridized carbons (Fsp3) is 0.600. The molecule has 1 aliphatic rings. The Balaban J connectivity index is 1.86. The molecule has 1 aromatic carbocycles. The lowest BCUT2D eigenvalue weighted by molar-refractivity contribution is 0.0957. The minimum atomic E-state index is -0.0816. The van der Waals surface area contributed by atoms with Gasteiger partial charge in [-0.05, 0) is 19.4 Å². The molecule has 0 unspecified atom stereocenters. The standard InChI is InChI=1S/C15H23FN2/c1-3-13(2)18-10-8-17(9-11-18)12-14-6-4-5-7-15(14)16/h4-7,13H,3,8-12H2,1-2H3/t13-/m0/s1. The molecule has 0 bridgehead atoms. The third-order valence-corrected chi connectivity index (χ3v) is 3.97. The first-order valence-corrected chi connectivity index (χ1v) is 6.90. The van der Waals surface area contributed by atoms with E-state index in [-0.39, 0.29) is 5.82 Å². The quantitative estimate of drug-likeness (QED) is 0.810. The Morgan fingerprint density at radius 1 is 1.17 bits per heavy atom. The Kier molecular flexibility index (Phi) is 4.72. The van der Waals surface area contributed by atoms with Gasteiger partial charge in [-0.25, -0.2) is 4.39 Å². The van der Waals surface area contributed by atoms with Gasteiger partial charge in [0, 0.05) is 44.3 Å². The fourth-order valence-corrected chi connectivity index (χ4v) is 2.49. The van der Waals surface area contributed by atoms with Gasteiger partial charge >= 0.3 is 0 Å². The molecule has 3 heteroatoms. The summed E-state index contributed by atoms with van der Waals surface area (Å²) in [6.45, 7) is 9.54. The van der Waals surface area contributed by atoms with Crippen molar-refractivity contribution in [1.82, 2.24) is 9.80 Å². The lowest BCUT2D eigenvalue weighted by Crippen LogP contribution is -2.49. The van der Waals surface area contributed by atoms with Crippen molar-refractivity contribution in [1.29, 1.82) is 0 Å². The van der Waals surface area contributed by atoms with Crippen molar-refractivity contribution < 1.29 is 4.39 Å². The molecule has 18 heavy (non-hydrogen) atoms. The van der Waals surface area contributed by atoms with Crippen molar-refractivity contribution in [2.75, 3.05) is 26.2 Å². The van der Waals surface area contributed by atoms with Gasteiger partial charge in [0.2, 0.25) is 0 Å². The lowest BCUT2D eigenvalue weighted by atomic mass is 10.1. The molecular formula is C15H23FN2. The van der Waals surface area contributed by atoms with E-state index >= 15 is 0 Å². The fourth-order valence-electron chi connectivity index (χ4n) is 2.49. The number of benzene rings is 1. The van der Waals surface area contributed by atoms with E-state index in [9.17, 15) is 4.39 Å². The van der Waals surface area contributed by atoms with Gasteiger partial charge in [0.1, 0.15) is 5.82 Å². The molecule has 1 aliphatic heterocycles. The predicted octanol–water partition coefficient (Wildman–Crippen LogP) is 2.74. The maximum absolute atomic E-state index is 13.6. The van der Waals surface area contributed by atoms with Crippen molar-refractivity contribution in [2.45, 2.75) is 32.9 Å². The molecule has 2 rings (SSSR count). The number of rotatable bonds is 4. The topological polar surface area (TPSA) is 6.48 Å². The molecule has 0 aliphatic carbocycles. The highest BCUT2D eigenvalue weighted by Crippen LogP contribution is 2.13. The second-order valence-electron chi connectivity index (χ2n) is 5.16. The van der Waals surface area contributed by atoms with Gasteiger partial charge in [0.05, 0.1) is 0 Å². The summed E-state index contributed by atoms with van der Waals surface area (Å²) in [6.07, 6.45) is 1.20. The second-order valence-corrected chi connectivity index (χ2v) is 5.16. The minimum absolute atomic E-state index is 0.0816. The average Bonchev–Trinajstić information content (AvgIpc) is 2.41. The summed E-state index contributed by atoms with van der Waals surface area (Å²) in [5, 5.41) is 0. The number of hydrogen-bond donors (Lipinski definition) is 0. The largest absolute Gasteiger partial charge is 0.298 e. The first-order chi connectivity index (χ1) is 8.70. The van der Waals surface area contributed by atoms with Gasteiger partial charge in [0.15, 0.2) is 0 Å². The molecule has 0 radical (unpaired) electrons. The highest BCUT2D eigenvalue weighted by molar-refractivity contribution is 5.17.